The molecule has 116 valence electrons. The molecule has 0 bridgehead atoms. The Bertz CT molecular complexity index is 575. The summed E-state index contributed by atoms with van der Waals surface area (Å²) in [6.45, 7) is 6.75. The maximum atomic E-state index is 11.1. The Morgan fingerprint density at radius 2 is 2.14 bits per heavy atom. The van der Waals surface area contributed by atoms with Crippen molar-refractivity contribution in [3.05, 3.63) is 33.1 Å². The third-order valence-electron chi connectivity index (χ3n) is 3.35. The van der Waals surface area contributed by atoms with Gasteiger partial charge in [0, 0.05) is 27.8 Å². The molecule has 1 heterocycles. The molecule has 0 spiro atoms. The molecule has 0 fully saturated rings. The van der Waals surface area contributed by atoms with Gasteiger partial charge in [0.1, 0.15) is 6.04 Å². The first-order chi connectivity index (χ1) is 9.58. The molecule has 1 aromatic heterocycles. The van der Waals surface area contributed by atoms with E-state index in [9.17, 15) is 14.9 Å². The zero-order valence-corrected chi connectivity index (χ0v) is 13.2. The summed E-state index contributed by atoms with van der Waals surface area (Å²) in [6, 6.07) is -1.02. The van der Waals surface area contributed by atoms with Crippen LogP contribution in [0.2, 0.25) is 0 Å². The summed E-state index contributed by atoms with van der Waals surface area (Å²) in [7, 11) is 0. The normalized spacial score (nSPS) is 13.0. The number of nitrogens with two attached hydrogens (primary N) is 1. The minimum absolute atomic E-state index is 0.0564. The second-order valence-corrected chi connectivity index (χ2v) is 6.96. The number of nitro groups is 1. The van der Waals surface area contributed by atoms with Crippen molar-refractivity contribution in [2.24, 2.45) is 5.73 Å². The largest absolute Gasteiger partial charge is 0.480 e. The van der Waals surface area contributed by atoms with Gasteiger partial charge in [-0.3, -0.25) is 19.9 Å². The molecule has 0 aromatic carbocycles. The molecule has 8 heteroatoms. The molecule has 0 amide bonds. The fourth-order valence-corrected chi connectivity index (χ4v) is 2.91. The number of aromatic nitrogens is 1. The predicted octanol–water partition coefficient (Wildman–Crippen LogP) is 2.03. The number of aliphatic carboxylic acids is 1. The number of carboxylic acids is 1. The lowest BCUT2D eigenvalue weighted by Gasteiger charge is -2.28. The van der Waals surface area contributed by atoms with Crippen LogP contribution in [-0.4, -0.2) is 31.8 Å². The molecule has 21 heavy (non-hydrogen) atoms. The zero-order chi connectivity index (χ0) is 16.4. The summed E-state index contributed by atoms with van der Waals surface area (Å²) in [5.74, 6) is -0.715. The molecule has 0 aliphatic heterocycles. The van der Waals surface area contributed by atoms with E-state index in [-0.39, 0.29) is 5.69 Å². The predicted molar refractivity (Wildman–Crippen MR) is 81.4 cm³/mol. The van der Waals surface area contributed by atoms with E-state index in [1.54, 1.807) is 27.7 Å². The lowest BCUT2D eigenvalue weighted by Crippen LogP contribution is -2.46. The van der Waals surface area contributed by atoms with Crippen molar-refractivity contribution in [2.75, 3.05) is 0 Å². The highest BCUT2D eigenvalue weighted by Gasteiger charge is 2.33. The van der Waals surface area contributed by atoms with Gasteiger partial charge >= 0.3 is 5.97 Å². The molecule has 0 radical (unpaired) electrons. The second kappa shape index (κ2) is 6.40. The molecule has 1 rings (SSSR count). The van der Waals surface area contributed by atoms with Crippen LogP contribution in [0.25, 0.3) is 0 Å². The van der Waals surface area contributed by atoms with Gasteiger partial charge in [-0.1, -0.05) is 0 Å². The number of rotatable bonds is 6. The van der Waals surface area contributed by atoms with Gasteiger partial charge in [-0.2, -0.15) is 0 Å². The smallest absolute Gasteiger partial charge is 0.321 e. The van der Waals surface area contributed by atoms with Crippen LogP contribution in [0.4, 0.5) is 5.69 Å². The van der Waals surface area contributed by atoms with E-state index in [1.165, 1.54) is 18.0 Å². The van der Waals surface area contributed by atoms with E-state index in [2.05, 4.69) is 4.98 Å². The van der Waals surface area contributed by atoms with Crippen molar-refractivity contribution in [1.82, 2.24) is 4.98 Å². The Balaban J connectivity index is 2.98. The molecular formula is C13H19N3O4S. The van der Waals surface area contributed by atoms with Crippen LogP contribution in [-0.2, 0) is 10.5 Å². The Morgan fingerprint density at radius 3 is 2.62 bits per heavy atom. The minimum atomic E-state index is -1.08. The minimum Gasteiger partial charge on any atom is -0.480 e. The topological polar surface area (TPSA) is 119 Å². The standard InChI is InChI=1S/C13H19N3O4S/c1-7-5-15-9(8(2)10(7)16(19)20)6-21-13(3,4)11(14)12(17)18/h5,11H,6,14H2,1-4H3,(H,17,18)/t11-/m0/s1. The van der Waals surface area contributed by atoms with Crippen molar-refractivity contribution in [1.29, 1.82) is 0 Å². The van der Waals surface area contributed by atoms with Gasteiger partial charge in [-0.25, -0.2) is 0 Å². The van der Waals surface area contributed by atoms with Crippen molar-refractivity contribution in [3.63, 3.8) is 0 Å². The van der Waals surface area contributed by atoms with Crippen LogP contribution in [0, 0.1) is 24.0 Å². The van der Waals surface area contributed by atoms with Crippen LogP contribution in [0.15, 0.2) is 6.20 Å². The summed E-state index contributed by atoms with van der Waals surface area (Å²) in [5.41, 5.74) is 7.29. The van der Waals surface area contributed by atoms with E-state index < -0.39 is 21.7 Å². The molecule has 1 atom stereocenters. The lowest BCUT2D eigenvalue weighted by atomic mass is 10.1. The molecule has 0 aliphatic carbocycles. The fourth-order valence-electron chi connectivity index (χ4n) is 1.83. The first kappa shape index (κ1) is 17.4. The van der Waals surface area contributed by atoms with E-state index >= 15 is 0 Å². The lowest BCUT2D eigenvalue weighted by molar-refractivity contribution is -0.386. The van der Waals surface area contributed by atoms with Crippen LogP contribution in [0.1, 0.15) is 30.7 Å². The third kappa shape index (κ3) is 3.92. The quantitative estimate of drug-likeness (QED) is 0.609. The molecule has 0 unspecified atom stereocenters. The number of hydrogen-bond acceptors (Lipinski definition) is 6. The molecule has 0 saturated heterocycles. The van der Waals surface area contributed by atoms with Crippen LogP contribution >= 0.6 is 11.8 Å². The fraction of sp³-hybridized carbons (Fsp3) is 0.538. The molecule has 0 aliphatic rings. The number of carbonyl (C=O) groups is 1. The van der Waals surface area contributed by atoms with Gasteiger partial charge < -0.3 is 10.8 Å². The van der Waals surface area contributed by atoms with Crippen LogP contribution in [0.3, 0.4) is 0 Å². The van der Waals surface area contributed by atoms with E-state index in [0.29, 0.717) is 22.6 Å². The summed E-state index contributed by atoms with van der Waals surface area (Å²) >= 11 is 1.32. The Kier molecular flexibility index (Phi) is 5.30. The number of thioether (sulfide) groups is 1. The molecule has 3 N–H and O–H groups in total. The maximum Gasteiger partial charge on any atom is 0.321 e. The van der Waals surface area contributed by atoms with Crippen LogP contribution in [0.5, 0.6) is 0 Å². The Hall–Kier alpha value is -1.67. The van der Waals surface area contributed by atoms with E-state index in [4.69, 9.17) is 10.8 Å². The monoisotopic (exact) mass is 313 g/mol. The third-order valence-corrected chi connectivity index (χ3v) is 4.77. The average Bonchev–Trinajstić information content (AvgIpc) is 2.36. The van der Waals surface area contributed by atoms with Crippen molar-refractivity contribution in [2.45, 2.75) is 44.2 Å². The second-order valence-electron chi connectivity index (χ2n) is 5.33. The number of carboxylic acid groups (broad SMARTS) is 1. The maximum absolute atomic E-state index is 11.1. The Labute approximate surface area is 127 Å². The van der Waals surface area contributed by atoms with Crippen molar-refractivity contribution < 1.29 is 14.8 Å². The van der Waals surface area contributed by atoms with Gasteiger partial charge in [-0.15, -0.1) is 11.8 Å². The number of pyridine rings is 1. The van der Waals surface area contributed by atoms with E-state index in [1.807, 2.05) is 0 Å². The van der Waals surface area contributed by atoms with E-state index in [0.717, 1.165) is 0 Å². The van der Waals surface area contributed by atoms with Gasteiger partial charge in [-0.05, 0) is 27.7 Å². The van der Waals surface area contributed by atoms with Crippen molar-refractivity contribution >= 4 is 23.4 Å². The summed E-state index contributed by atoms with van der Waals surface area (Å²) < 4.78 is -0.709. The average molecular weight is 313 g/mol. The highest BCUT2D eigenvalue weighted by atomic mass is 32.2. The molecule has 1 aromatic rings. The van der Waals surface area contributed by atoms with Gasteiger partial charge in [0.15, 0.2) is 0 Å². The van der Waals surface area contributed by atoms with Crippen LogP contribution < -0.4 is 5.73 Å². The Morgan fingerprint density at radius 1 is 1.57 bits per heavy atom. The zero-order valence-electron chi connectivity index (χ0n) is 12.4. The SMILES string of the molecule is Cc1cnc(CSC(C)(C)[C@@H](N)C(=O)O)c(C)c1[N+](=O)[O-]. The summed E-state index contributed by atoms with van der Waals surface area (Å²) in [6.07, 6.45) is 1.46. The number of hydrogen-bond donors (Lipinski definition) is 2. The highest BCUT2D eigenvalue weighted by Crippen LogP contribution is 2.33. The first-order valence-electron chi connectivity index (χ1n) is 6.29. The number of nitrogens with zero attached hydrogens (tertiary/aromatic N) is 2. The summed E-state index contributed by atoms with van der Waals surface area (Å²) in [4.78, 5) is 25.8. The van der Waals surface area contributed by atoms with Gasteiger partial charge in [0.05, 0.1) is 10.6 Å². The van der Waals surface area contributed by atoms with Gasteiger partial charge in [0.2, 0.25) is 0 Å². The van der Waals surface area contributed by atoms with Gasteiger partial charge in [0.25, 0.3) is 5.69 Å². The highest BCUT2D eigenvalue weighted by molar-refractivity contribution is 7.99. The molecular weight excluding hydrogens is 294 g/mol. The first-order valence-corrected chi connectivity index (χ1v) is 7.28. The molecule has 7 nitrogen and oxygen atoms in total. The van der Waals surface area contributed by atoms with Crippen molar-refractivity contribution in [3.8, 4) is 0 Å². The number of aryl methyl sites for hydroxylation is 1. The summed E-state index contributed by atoms with van der Waals surface area (Å²) in [5, 5.41) is 20.0. The molecule has 0 saturated carbocycles.